The topological polar surface area (TPSA) is 105 Å². The standard InChI is InChI=1S/C15H20N4O4/c20-13(21)7-15(3-6-23-10-15)18-14(22)11-8-16-9-12(17-11)19-4-1-2-5-19/h8-9H,1-7,10H2,(H,18,22)(H,20,21). The summed E-state index contributed by atoms with van der Waals surface area (Å²) >= 11 is 0. The largest absolute Gasteiger partial charge is 0.481 e. The highest BCUT2D eigenvalue weighted by molar-refractivity contribution is 5.93. The van der Waals surface area contributed by atoms with Gasteiger partial charge in [0.05, 0.1) is 31.0 Å². The van der Waals surface area contributed by atoms with Crippen LogP contribution in [-0.2, 0) is 9.53 Å². The van der Waals surface area contributed by atoms with Gasteiger partial charge in [-0.25, -0.2) is 4.98 Å². The fourth-order valence-corrected chi connectivity index (χ4v) is 3.05. The lowest BCUT2D eigenvalue weighted by atomic mass is 9.94. The summed E-state index contributed by atoms with van der Waals surface area (Å²) in [5, 5.41) is 11.9. The van der Waals surface area contributed by atoms with Crippen molar-refractivity contribution in [3.8, 4) is 0 Å². The molecule has 3 rings (SSSR count). The average Bonchev–Trinajstić information content (AvgIpc) is 3.19. The number of carboxylic acids is 1. The number of anilines is 1. The monoisotopic (exact) mass is 320 g/mol. The minimum absolute atomic E-state index is 0.169. The maximum Gasteiger partial charge on any atom is 0.305 e. The molecular formula is C15H20N4O4. The van der Waals surface area contributed by atoms with Gasteiger partial charge in [-0.15, -0.1) is 0 Å². The zero-order chi connectivity index (χ0) is 16.3. The molecule has 1 atom stereocenters. The van der Waals surface area contributed by atoms with Gasteiger partial charge in [0, 0.05) is 19.7 Å². The third-order valence-corrected chi connectivity index (χ3v) is 4.26. The lowest BCUT2D eigenvalue weighted by Gasteiger charge is -2.26. The number of carboxylic acid groups (broad SMARTS) is 1. The Hall–Kier alpha value is -2.22. The van der Waals surface area contributed by atoms with E-state index in [-0.39, 0.29) is 18.7 Å². The van der Waals surface area contributed by atoms with E-state index in [9.17, 15) is 9.59 Å². The Morgan fingerprint density at radius 1 is 1.35 bits per heavy atom. The quantitative estimate of drug-likeness (QED) is 0.811. The van der Waals surface area contributed by atoms with E-state index in [4.69, 9.17) is 9.84 Å². The molecule has 2 aliphatic heterocycles. The van der Waals surface area contributed by atoms with E-state index < -0.39 is 17.4 Å². The first-order valence-corrected chi connectivity index (χ1v) is 7.77. The Labute approximate surface area is 133 Å². The van der Waals surface area contributed by atoms with Crippen molar-refractivity contribution >= 4 is 17.7 Å². The molecule has 23 heavy (non-hydrogen) atoms. The molecule has 1 amide bonds. The predicted octanol–water partition coefficient (Wildman–Crippen LogP) is 0.440. The first-order valence-electron chi connectivity index (χ1n) is 7.77. The molecule has 1 unspecified atom stereocenters. The maximum absolute atomic E-state index is 12.5. The number of hydrogen-bond donors (Lipinski definition) is 2. The van der Waals surface area contributed by atoms with Crippen LogP contribution >= 0.6 is 0 Å². The van der Waals surface area contributed by atoms with Crippen LogP contribution in [0.4, 0.5) is 5.82 Å². The molecule has 2 saturated heterocycles. The molecule has 1 aromatic heterocycles. The van der Waals surface area contributed by atoms with Gasteiger partial charge in [0.15, 0.2) is 0 Å². The number of aromatic nitrogens is 2. The number of nitrogens with one attached hydrogen (secondary N) is 1. The van der Waals surface area contributed by atoms with Gasteiger partial charge in [0.25, 0.3) is 5.91 Å². The Bertz CT molecular complexity index is 595. The van der Waals surface area contributed by atoms with Crippen molar-refractivity contribution in [3.05, 3.63) is 18.1 Å². The second-order valence-electron chi connectivity index (χ2n) is 6.06. The molecule has 0 aromatic carbocycles. The molecule has 3 heterocycles. The van der Waals surface area contributed by atoms with Gasteiger partial charge >= 0.3 is 5.97 Å². The highest BCUT2D eigenvalue weighted by Gasteiger charge is 2.39. The van der Waals surface area contributed by atoms with E-state index in [1.165, 1.54) is 6.20 Å². The lowest BCUT2D eigenvalue weighted by Crippen LogP contribution is -2.50. The fraction of sp³-hybridized carbons (Fsp3) is 0.600. The maximum atomic E-state index is 12.5. The molecule has 2 aliphatic rings. The van der Waals surface area contributed by atoms with Gasteiger partial charge in [-0.3, -0.25) is 14.6 Å². The predicted molar refractivity (Wildman–Crippen MR) is 81.4 cm³/mol. The molecule has 0 aliphatic carbocycles. The number of aliphatic carboxylic acids is 1. The Morgan fingerprint density at radius 3 is 2.78 bits per heavy atom. The molecule has 0 saturated carbocycles. The average molecular weight is 320 g/mol. The minimum atomic E-state index is -0.965. The second-order valence-corrected chi connectivity index (χ2v) is 6.06. The van der Waals surface area contributed by atoms with E-state index in [0.29, 0.717) is 18.8 Å². The minimum Gasteiger partial charge on any atom is -0.481 e. The first kappa shape index (κ1) is 15.7. The van der Waals surface area contributed by atoms with Crippen molar-refractivity contribution in [2.24, 2.45) is 0 Å². The summed E-state index contributed by atoms with van der Waals surface area (Å²) in [6, 6.07) is 0. The number of ether oxygens (including phenoxy) is 1. The zero-order valence-corrected chi connectivity index (χ0v) is 12.8. The van der Waals surface area contributed by atoms with Crippen LogP contribution in [-0.4, -0.2) is 58.8 Å². The molecule has 2 fully saturated rings. The van der Waals surface area contributed by atoms with Gasteiger partial charge in [-0.05, 0) is 19.3 Å². The van der Waals surface area contributed by atoms with E-state index in [1.807, 2.05) is 0 Å². The number of rotatable bonds is 5. The summed E-state index contributed by atoms with van der Waals surface area (Å²) in [6.45, 7) is 2.46. The van der Waals surface area contributed by atoms with E-state index in [0.717, 1.165) is 25.9 Å². The third kappa shape index (κ3) is 3.58. The van der Waals surface area contributed by atoms with Crippen LogP contribution < -0.4 is 10.2 Å². The van der Waals surface area contributed by atoms with Crippen molar-refractivity contribution in [2.45, 2.75) is 31.2 Å². The number of carbonyl (C=O) groups is 2. The summed E-state index contributed by atoms with van der Waals surface area (Å²) in [4.78, 5) is 34.1. The summed E-state index contributed by atoms with van der Waals surface area (Å²) in [5.41, 5.74) is -0.667. The molecule has 0 bridgehead atoms. The lowest BCUT2D eigenvalue weighted by molar-refractivity contribution is -0.138. The zero-order valence-electron chi connectivity index (χ0n) is 12.8. The molecule has 124 valence electrons. The Morgan fingerprint density at radius 2 is 2.13 bits per heavy atom. The van der Waals surface area contributed by atoms with Gasteiger partial charge in [0.2, 0.25) is 0 Å². The number of nitrogens with zero attached hydrogens (tertiary/aromatic N) is 3. The molecule has 0 spiro atoms. The SMILES string of the molecule is O=C(O)CC1(NC(=O)c2cncc(N3CCCC3)n2)CCOC1. The molecule has 0 radical (unpaired) electrons. The van der Waals surface area contributed by atoms with Gasteiger partial charge in [0.1, 0.15) is 11.5 Å². The fourth-order valence-electron chi connectivity index (χ4n) is 3.05. The molecule has 1 aromatic rings. The van der Waals surface area contributed by atoms with Crippen LogP contribution in [0.5, 0.6) is 0 Å². The Balaban J connectivity index is 1.74. The number of carbonyl (C=O) groups excluding carboxylic acids is 1. The van der Waals surface area contributed by atoms with Crippen molar-refractivity contribution in [2.75, 3.05) is 31.2 Å². The summed E-state index contributed by atoms with van der Waals surface area (Å²) in [5.74, 6) is -0.692. The molecule has 2 N–H and O–H groups in total. The smallest absolute Gasteiger partial charge is 0.305 e. The van der Waals surface area contributed by atoms with Crippen LogP contribution in [0.15, 0.2) is 12.4 Å². The van der Waals surface area contributed by atoms with Gasteiger partial charge in [-0.2, -0.15) is 0 Å². The van der Waals surface area contributed by atoms with Crippen molar-refractivity contribution in [3.63, 3.8) is 0 Å². The number of amides is 1. The van der Waals surface area contributed by atoms with Crippen LogP contribution in [0.2, 0.25) is 0 Å². The third-order valence-electron chi connectivity index (χ3n) is 4.26. The Kier molecular flexibility index (Phi) is 4.42. The van der Waals surface area contributed by atoms with E-state index in [2.05, 4.69) is 20.2 Å². The van der Waals surface area contributed by atoms with E-state index in [1.54, 1.807) is 6.20 Å². The molecule has 8 heteroatoms. The summed E-state index contributed by atoms with van der Waals surface area (Å²) < 4.78 is 5.28. The molecule has 8 nitrogen and oxygen atoms in total. The van der Waals surface area contributed by atoms with Crippen molar-refractivity contribution in [1.29, 1.82) is 0 Å². The van der Waals surface area contributed by atoms with Gasteiger partial charge < -0.3 is 20.1 Å². The van der Waals surface area contributed by atoms with Crippen LogP contribution in [0, 0.1) is 0 Å². The highest BCUT2D eigenvalue weighted by atomic mass is 16.5. The van der Waals surface area contributed by atoms with Crippen molar-refractivity contribution < 1.29 is 19.4 Å². The van der Waals surface area contributed by atoms with E-state index >= 15 is 0 Å². The highest BCUT2D eigenvalue weighted by Crippen LogP contribution is 2.23. The van der Waals surface area contributed by atoms with Crippen LogP contribution in [0.1, 0.15) is 36.2 Å². The summed E-state index contributed by atoms with van der Waals surface area (Å²) in [6.07, 6.45) is 5.57. The van der Waals surface area contributed by atoms with Crippen LogP contribution in [0.3, 0.4) is 0 Å². The molecular weight excluding hydrogens is 300 g/mol. The second kappa shape index (κ2) is 6.49. The first-order chi connectivity index (χ1) is 11.1. The summed E-state index contributed by atoms with van der Waals surface area (Å²) in [7, 11) is 0. The van der Waals surface area contributed by atoms with Gasteiger partial charge in [-0.1, -0.05) is 0 Å². The van der Waals surface area contributed by atoms with Crippen LogP contribution in [0.25, 0.3) is 0 Å². The normalized spacial score (nSPS) is 23.9. The van der Waals surface area contributed by atoms with Crippen molar-refractivity contribution in [1.82, 2.24) is 15.3 Å². The number of hydrogen-bond acceptors (Lipinski definition) is 6.